The fraction of sp³-hybridized carbons (Fsp3) is 0.125. The molecule has 1 aromatic carbocycles. The van der Waals surface area contributed by atoms with Crippen LogP contribution in [0, 0.1) is 0 Å². The molecule has 0 unspecified atom stereocenters. The molecule has 0 spiro atoms. The Bertz CT molecular complexity index is 271. The predicted molar refractivity (Wildman–Crippen MR) is 43.0 cm³/mol. The number of hydrogen-bond acceptors (Lipinski definition) is 3. The Morgan fingerprint density at radius 1 is 1.55 bits per heavy atom. The van der Waals surface area contributed by atoms with Crippen molar-refractivity contribution in [1.82, 2.24) is 0 Å². The summed E-state index contributed by atoms with van der Waals surface area (Å²) in [6.07, 6.45) is 0.626. The molecule has 11 heavy (non-hydrogen) atoms. The number of aromatic hydroxyl groups is 1. The van der Waals surface area contributed by atoms with Crippen LogP contribution in [0.25, 0.3) is 0 Å². The van der Waals surface area contributed by atoms with Gasteiger partial charge in [-0.05, 0) is 12.1 Å². The standard InChI is InChI=1S/C8H9NO2/c1-9-7-3-2-4-8(11)6(7)5-10/h2-5,9,11H,1H3. The van der Waals surface area contributed by atoms with E-state index >= 15 is 0 Å². The highest BCUT2D eigenvalue weighted by Crippen LogP contribution is 2.22. The monoisotopic (exact) mass is 151 g/mol. The molecule has 0 saturated carbocycles. The number of rotatable bonds is 2. The lowest BCUT2D eigenvalue weighted by Crippen LogP contribution is -1.93. The summed E-state index contributed by atoms with van der Waals surface area (Å²) in [6.45, 7) is 0. The van der Waals surface area contributed by atoms with Gasteiger partial charge in [0.05, 0.1) is 5.56 Å². The van der Waals surface area contributed by atoms with Crippen LogP contribution in [-0.4, -0.2) is 18.4 Å². The van der Waals surface area contributed by atoms with Crippen molar-refractivity contribution in [3.63, 3.8) is 0 Å². The van der Waals surface area contributed by atoms with Crippen LogP contribution in [0.15, 0.2) is 18.2 Å². The average molecular weight is 151 g/mol. The third-order valence-corrected chi connectivity index (χ3v) is 1.47. The van der Waals surface area contributed by atoms with Crippen LogP contribution in [0.3, 0.4) is 0 Å². The minimum atomic E-state index is 0.00634. The van der Waals surface area contributed by atoms with Gasteiger partial charge in [-0.25, -0.2) is 0 Å². The first-order valence-corrected chi connectivity index (χ1v) is 3.24. The van der Waals surface area contributed by atoms with Crippen molar-refractivity contribution < 1.29 is 9.90 Å². The van der Waals surface area contributed by atoms with Crippen LogP contribution in [0.2, 0.25) is 0 Å². The number of phenolic OH excluding ortho intramolecular Hbond substituents is 1. The van der Waals surface area contributed by atoms with Crippen molar-refractivity contribution in [1.29, 1.82) is 0 Å². The largest absolute Gasteiger partial charge is 0.507 e. The van der Waals surface area contributed by atoms with Crippen molar-refractivity contribution in [2.45, 2.75) is 0 Å². The minimum Gasteiger partial charge on any atom is -0.507 e. The van der Waals surface area contributed by atoms with Gasteiger partial charge in [0, 0.05) is 12.7 Å². The summed E-state index contributed by atoms with van der Waals surface area (Å²) >= 11 is 0. The Hall–Kier alpha value is -1.51. The summed E-state index contributed by atoms with van der Waals surface area (Å²) in [7, 11) is 1.70. The molecule has 1 aromatic rings. The number of aldehydes is 1. The highest BCUT2D eigenvalue weighted by molar-refractivity contribution is 5.87. The number of phenols is 1. The van der Waals surface area contributed by atoms with Gasteiger partial charge in [0.2, 0.25) is 0 Å². The van der Waals surface area contributed by atoms with E-state index in [0.717, 1.165) is 0 Å². The Morgan fingerprint density at radius 2 is 2.27 bits per heavy atom. The number of carbonyl (C=O) groups is 1. The highest BCUT2D eigenvalue weighted by Gasteiger charge is 2.03. The molecule has 0 aliphatic rings. The molecule has 2 N–H and O–H groups in total. The third kappa shape index (κ3) is 1.32. The van der Waals surface area contributed by atoms with E-state index in [2.05, 4.69) is 5.32 Å². The summed E-state index contributed by atoms with van der Waals surface area (Å²) in [5.74, 6) is 0.00634. The second-order valence-electron chi connectivity index (χ2n) is 2.11. The fourth-order valence-electron chi connectivity index (χ4n) is 0.895. The minimum absolute atomic E-state index is 0.00634. The van der Waals surface area contributed by atoms with Crippen molar-refractivity contribution in [3.05, 3.63) is 23.8 Å². The van der Waals surface area contributed by atoms with Crippen LogP contribution >= 0.6 is 0 Å². The zero-order chi connectivity index (χ0) is 8.27. The van der Waals surface area contributed by atoms with E-state index in [0.29, 0.717) is 17.5 Å². The quantitative estimate of drug-likeness (QED) is 0.625. The van der Waals surface area contributed by atoms with Gasteiger partial charge in [0.25, 0.3) is 0 Å². The van der Waals surface area contributed by atoms with Crippen LogP contribution in [0.1, 0.15) is 10.4 Å². The molecule has 58 valence electrons. The number of anilines is 1. The zero-order valence-corrected chi connectivity index (χ0v) is 6.16. The fourth-order valence-corrected chi connectivity index (χ4v) is 0.895. The van der Waals surface area contributed by atoms with E-state index < -0.39 is 0 Å². The van der Waals surface area contributed by atoms with E-state index in [4.69, 9.17) is 5.11 Å². The summed E-state index contributed by atoms with van der Waals surface area (Å²) < 4.78 is 0. The third-order valence-electron chi connectivity index (χ3n) is 1.47. The molecular weight excluding hydrogens is 142 g/mol. The summed E-state index contributed by atoms with van der Waals surface area (Å²) in [5, 5.41) is 11.9. The van der Waals surface area contributed by atoms with Crippen molar-refractivity contribution in [3.8, 4) is 5.75 Å². The van der Waals surface area contributed by atoms with Gasteiger partial charge in [0.15, 0.2) is 6.29 Å². The van der Waals surface area contributed by atoms with Crippen LogP contribution in [0.4, 0.5) is 5.69 Å². The predicted octanol–water partition coefficient (Wildman–Crippen LogP) is 1.25. The molecule has 0 saturated heterocycles. The number of nitrogens with one attached hydrogen (secondary N) is 1. The molecule has 0 radical (unpaired) electrons. The molecule has 0 bridgehead atoms. The van der Waals surface area contributed by atoms with E-state index in [1.807, 2.05) is 0 Å². The second-order valence-corrected chi connectivity index (χ2v) is 2.11. The zero-order valence-electron chi connectivity index (χ0n) is 6.16. The Kier molecular flexibility index (Phi) is 2.11. The maximum Gasteiger partial charge on any atom is 0.155 e. The lowest BCUT2D eigenvalue weighted by molar-refractivity contribution is 0.112. The maximum atomic E-state index is 10.4. The molecule has 0 aliphatic heterocycles. The lowest BCUT2D eigenvalue weighted by Gasteiger charge is -2.03. The van der Waals surface area contributed by atoms with Gasteiger partial charge >= 0.3 is 0 Å². The lowest BCUT2D eigenvalue weighted by atomic mass is 10.2. The first-order valence-electron chi connectivity index (χ1n) is 3.24. The molecule has 0 amide bonds. The normalized spacial score (nSPS) is 9.18. The van der Waals surface area contributed by atoms with Gasteiger partial charge in [-0.3, -0.25) is 4.79 Å². The highest BCUT2D eigenvalue weighted by atomic mass is 16.3. The van der Waals surface area contributed by atoms with Crippen LogP contribution in [-0.2, 0) is 0 Å². The van der Waals surface area contributed by atoms with E-state index in [1.54, 1.807) is 19.2 Å². The van der Waals surface area contributed by atoms with Gasteiger partial charge in [-0.2, -0.15) is 0 Å². The Labute approximate surface area is 64.7 Å². The second kappa shape index (κ2) is 3.05. The summed E-state index contributed by atoms with van der Waals surface area (Å²) in [4.78, 5) is 10.4. The molecule has 0 aromatic heterocycles. The van der Waals surface area contributed by atoms with E-state index in [9.17, 15) is 4.79 Å². The summed E-state index contributed by atoms with van der Waals surface area (Å²) in [5.41, 5.74) is 0.940. The molecule has 0 atom stereocenters. The SMILES string of the molecule is CNc1cccc(O)c1C=O. The average Bonchev–Trinajstić information content (AvgIpc) is 2.04. The Balaban J connectivity index is 3.24. The van der Waals surface area contributed by atoms with E-state index in [1.165, 1.54) is 6.07 Å². The van der Waals surface area contributed by atoms with Crippen molar-refractivity contribution in [2.75, 3.05) is 12.4 Å². The topological polar surface area (TPSA) is 49.3 Å². The molecule has 0 heterocycles. The first kappa shape index (κ1) is 7.60. The van der Waals surface area contributed by atoms with Gasteiger partial charge < -0.3 is 10.4 Å². The van der Waals surface area contributed by atoms with Crippen molar-refractivity contribution >= 4 is 12.0 Å². The van der Waals surface area contributed by atoms with Crippen LogP contribution in [0.5, 0.6) is 5.75 Å². The smallest absolute Gasteiger partial charge is 0.155 e. The van der Waals surface area contributed by atoms with Gasteiger partial charge in [-0.15, -0.1) is 0 Å². The van der Waals surface area contributed by atoms with Gasteiger partial charge in [0.1, 0.15) is 5.75 Å². The molecule has 3 nitrogen and oxygen atoms in total. The molecular formula is C8H9NO2. The van der Waals surface area contributed by atoms with Crippen LogP contribution < -0.4 is 5.32 Å². The molecule has 1 rings (SSSR count). The Morgan fingerprint density at radius 3 is 2.73 bits per heavy atom. The van der Waals surface area contributed by atoms with Crippen molar-refractivity contribution in [2.24, 2.45) is 0 Å². The molecule has 0 fully saturated rings. The first-order chi connectivity index (χ1) is 5.29. The number of hydrogen-bond donors (Lipinski definition) is 2. The van der Waals surface area contributed by atoms with E-state index in [-0.39, 0.29) is 5.75 Å². The summed E-state index contributed by atoms with van der Waals surface area (Å²) in [6, 6.07) is 4.88. The van der Waals surface area contributed by atoms with Gasteiger partial charge in [-0.1, -0.05) is 6.07 Å². The molecule has 3 heteroatoms. The maximum absolute atomic E-state index is 10.4. The number of benzene rings is 1. The molecule has 0 aliphatic carbocycles. The number of carbonyl (C=O) groups excluding carboxylic acids is 1.